The summed E-state index contributed by atoms with van der Waals surface area (Å²) in [6.07, 6.45) is 0. The molecule has 0 radical (unpaired) electrons. The van der Waals surface area contributed by atoms with Gasteiger partial charge < -0.3 is 5.32 Å². The molecular formula is C18H25N3OS2. The van der Waals surface area contributed by atoms with Crippen molar-refractivity contribution in [3.63, 3.8) is 0 Å². The normalized spacial score (nSPS) is 12.2. The van der Waals surface area contributed by atoms with Crippen LogP contribution in [0.25, 0.3) is 0 Å². The van der Waals surface area contributed by atoms with Crippen LogP contribution in [0.15, 0.2) is 28.6 Å². The van der Waals surface area contributed by atoms with Crippen molar-refractivity contribution in [2.45, 2.75) is 57.0 Å². The number of nitrogens with zero attached hydrogens (tertiary/aromatic N) is 2. The predicted octanol–water partition coefficient (Wildman–Crippen LogP) is 5.11. The molecule has 0 fully saturated rings. The monoisotopic (exact) mass is 363 g/mol. The fraction of sp³-hybridized carbons (Fsp3) is 0.500. The number of hydrogen-bond donors (Lipinski definition) is 1. The zero-order valence-electron chi connectivity index (χ0n) is 15.1. The van der Waals surface area contributed by atoms with E-state index in [1.165, 1.54) is 22.5 Å². The fourth-order valence-corrected chi connectivity index (χ4v) is 3.55. The molecule has 0 saturated carbocycles. The molecule has 2 aromatic rings. The first-order chi connectivity index (χ1) is 11.1. The number of thioether (sulfide) groups is 1. The first-order valence-electron chi connectivity index (χ1n) is 7.93. The molecule has 1 heterocycles. The van der Waals surface area contributed by atoms with Crippen LogP contribution in [0.4, 0.5) is 5.13 Å². The zero-order chi connectivity index (χ0) is 18.0. The summed E-state index contributed by atoms with van der Waals surface area (Å²) in [5.41, 5.74) is 2.32. The quantitative estimate of drug-likeness (QED) is 0.605. The van der Waals surface area contributed by atoms with Crippen LogP contribution in [0, 0.1) is 5.41 Å². The third kappa shape index (κ3) is 5.31. The van der Waals surface area contributed by atoms with Crippen LogP contribution < -0.4 is 5.32 Å². The first kappa shape index (κ1) is 18.9. The van der Waals surface area contributed by atoms with Gasteiger partial charge in [-0.15, -0.1) is 10.2 Å². The summed E-state index contributed by atoms with van der Waals surface area (Å²) < 4.78 is 0.860. The first-order valence-corrected chi connectivity index (χ1v) is 9.73. The molecule has 0 aliphatic rings. The van der Waals surface area contributed by atoms with E-state index in [1.807, 2.05) is 20.8 Å². The van der Waals surface area contributed by atoms with Crippen LogP contribution in [0.2, 0.25) is 0 Å². The summed E-state index contributed by atoms with van der Waals surface area (Å²) in [6, 6.07) is 8.70. The molecule has 4 nitrogen and oxygen atoms in total. The third-order valence-electron chi connectivity index (χ3n) is 3.49. The Hall–Kier alpha value is -1.40. The van der Waals surface area contributed by atoms with Crippen molar-refractivity contribution in [3.8, 4) is 0 Å². The average molecular weight is 364 g/mol. The Morgan fingerprint density at radius 1 is 1.08 bits per heavy atom. The van der Waals surface area contributed by atoms with Crippen molar-refractivity contribution in [2.24, 2.45) is 5.41 Å². The number of aromatic nitrogens is 2. The summed E-state index contributed by atoms with van der Waals surface area (Å²) in [6.45, 7) is 12.3. The third-order valence-corrected chi connectivity index (χ3v) is 5.53. The lowest BCUT2D eigenvalue weighted by Crippen LogP contribution is -2.27. The molecule has 130 valence electrons. The molecule has 0 spiro atoms. The van der Waals surface area contributed by atoms with E-state index in [0.717, 1.165) is 10.1 Å². The minimum atomic E-state index is -0.437. The molecule has 1 aromatic carbocycles. The number of benzene rings is 1. The van der Waals surface area contributed by atoms with E-state index in [2.05, 4.69) is 60.6 Å². The summed E-state index contributed by atoms with van der Waals surface area (Å²) in [7, 11) is 0. The Morgan fingerprint density at radius 2 is 1.71 bits per heavy atom. The summed E-state index contributed by atoms with van der Waals surface area (Å²) in [5, 5.41) is 11.6. The summed E-state index contributed by atoms with van der Waals surface area (Å²) >= 11 is 3.05. The van der Waals surface area contributed by atoms with Crippen LogP contribution in [0.3, 0.4) is 0 Å². The Balaban J connectivity index is 1.92. The molecule has 0 bridgehead atoms. The van der Waals surface area contributed by atoms with Gasteiger partial charge in [-0.3, -0.25) is 4.79 Å². The lowest BCUT2D eigenvalue weighted by Gasteiger charge is -2.19. The molecule has 0 aliphatic carbocycles. The SMILES string of the molecule is CC(C)(C)C(=O)Nc1nnc(SCc2ccc(C(C)(C)C)cc2)s1. The molecule has 6 heteroatoms. The maximum absolute atomic E-state index is 12.0. The Morgan fingerprint density at radius 3 is 2.25 bits per heavy atom. The number of carbonyl (C=O) groups excluding carboxylic acids is 1. The Bertz CT molecular complexity index is 694. The second-order valence-electron chi connectivity index (χ2n) is 7.81. The van der Waals surface area contributed by atoms with E-state index in [1.54, 1.807) is 11.8 Å². The molecule has 1 amide bonds. The number of anilines is 1. The number of nitrogens with one attached hydrogen (secondary N) is 1. The molecule has 1 N–H and O–H groups in total. The highest BCUT2D eigenvalue weighted by Gasteiger charge is 2.22. The number of rotatable bonds is 4. The minimum absolute atomic E-state index is 0.0482. The van der Waals surface area contributed by atoms with E-state index >= 15 is 0 Å². The van der Waals surface area contributed by atoms with E-state index in [4.69, 9.17) is 0 Å². The lowest BCUT2D eigenvalue weighted by molar-refractivity contribution is -0.123. The molecule has 24 heavy (non-hydrogen) atoms. The predicted molar refractivity (Wildman–Crippen MR) is 103 cm³/mol. The van der Waals surface area contributed by atoms with E-state index < -0.39 is 5.41 Å². The van der Waals surface area contributed by atoms with E-state index in [-0.39, 0.29) is 11.3 Å². The van der Waals surface area contributed by atoms with Crippen LogP contribution in [-0.4, -0.2) is 16.1 Å². The van der Waals surface area contributed by atoms with Crippen molar-refractivity contribution >= 4 is 34.1 Å². The van der Waals surface area contributed by atoms with Gasteiger partial charge in [-0.05, 0) is 16.5 Å². The lowest BCUT2D eigenvalue weighted by atomic mass is 9.87. The summed E-state index contributed by atoms with van der Waals surface area (Å²) in [4.78, 5) is 12.0. The Labute approximate surface area is 152 Å². The van der Waals surface area contributed by atoms with Crippen LogP contribution in [0.1, 0.15) is 52.7 Å². The molecule has 0 unspecified atom stereocenters. The highest BCUT2D eigenvalue weighted by atomic mass is 32.2. The van der Waals surface area contributed by atoms with Gasteiger partial charge in [0.05, 0.1) is 0 Å². The number of hydrogen-bond acceptors (Lipinski definition) is 5. The van der Waals surface area contributed by atoms with Gasteiger partial charge in [0.1, 0.15) is 0 Å². The fourth-order valence-electron chi connectivity index (χ4n) is 1.85. The van der Waals surface area contributed by atoms with Gasteiger partial charge >= 0.3 is 0 Å². The Kier molecular flexibility index (Phi) is 5.71. The highest BCUT2D eigenvalue weighted by molar-refractivity contribution is 8.00. The van der Waals surface area contributed by atoms with Gasteiger partial charge in [0.25, 0.3) is 0 Å². The molecule has 0 aliphatic heterocycles. The van der Waals surface area contributed by atoms with Gasteiger partial charge in [-0.25, -0.2) is 0 Å². The van der Waals surface area contributed by atoms with Crippen LogP contribution >= 0.6 is 23.1 Å². The molecular weight excluding hydrogens is 338 g/mol. The highest BCUT2D eigenvalue weighted by Crippen LogP contribution is 2.30. The maximum Gasteiger partial charge on any atom is 0.231 e. The van der Waals surface area contributed by atoms with E-state index in [0.29, 0.717) is 5.13 Å². The largest absolute Gasteiger partial charge is 0.300 e. The van der Waals surface area contributed by atoms with Gasteiger partial charge in [0.2, 0.25) is 11.0 Å². The average Bonchev–Trinajstić information content (AvgIpc) is 2.91. The van der Waals surface area contributed by atoms with Crippen LogP contribution in [0.5, 0.6) is 0 Å². The van der Waals surface area contributed by atoms with Crippen molar-refractivity contribution in [1.82, 2.24) is 10.2 Å². The number of carbonyl (C=O) groups is 1. The molecule has 2 rings (SSSR count). The van der Waals surface area contributed by atoms with Gasteiger partial charge in [0, 0.05) is 11.2 Å². The zero-order valence-corrected chi connectivity index (χ0v) is 16.8. The maximum atomic E-state index is 12.0. The van der Waals surface area contributed by atoms with Crippen molar-refractivity contribution in [2.75, 3.05) is 5.32 Å². The van der Waals surface area contributed by atoms with Crippen LogP contribution in [-0.2, 0) is 16.0 Å². The van der Waals surface area contributed by atoms with Gasteiger partial charge in [0.15, 0.2) is 4.34 Å². The van der Waals surface area contributed by atoms with Gasteiger partial charge in [-0.1, -0.05) is 88.9 Å². The summed E-state index contributed by atoms with van der Waals surface area (Å²) in [5.74, 6) is 0.791. The van der Waals surface area contributed by atoms with Crippen molar-refractivity contribution < 1.29 is 4.79 Å². The standard InChI is InChI=1S/C18H25N3OS2/c1-17(2,3)13-9-7-12(8-10-13)11-23-16-21-20-15(24-16)19-14(22)18(4,5)6/h7-10H,11H2,1-6H3,(H,19,20,22). The van der Waals surface area contributed by atoms with E-state index in [9.17, 15) is 4.79 Å². The molecule has 0 atom stereocenters. The molecule has 1 aromatic heterocycles. The van der Waals surface area contributed by atoms with Crippen molar-refractivity contribution in [1.29, 1.82) is 0 Å². The second-order valence-corrected chi connectivity index (χ2v) is 10.0. The smallest absolute Gasteiger partial charge is 0.231 e. The topological polar surface area (TPSA) is 54.9 Å². The minimum Gasteiger partial charge on any atom is -0.300 e. The van der Waals surface area contributed by atoms with Gasteiger partial charge in [-0.2, -0.15) is 0 Å². The second kappa shape index (κ2) is 7.23. The molecule has 0 saturated heterocycles. The number of amides is 1. The van der Waals surface area contributed by atoms with Crippen molar-refractivity contribution in [3.05, 3.63) is 35.4 Å².